The molecule has 1 atom stereocenters. The number of hydrogen-bond acceptors (Lipinski definition) is 4. The number of likely N-dealkylation sites (N-methyl/N-ethyl adjacent to an activating group) is 1. The molecule has 0 saturated carbocycles. The molecule has 5 nitrogen and oxygen atoms in total. The van der Waals surface area contributed by atoms with E-state index in [2.05, 4.69) is 11.8 Å². The van der Waals surface area contributed by atoms with Crippen LogP contribution in [0.15, 0.2) is 47.4 Å². The van der Waals surface area contributed by atoms with Crippen LogP contribution >= 0.6 is 23.2 Å². The quantitative estimate of drug-likeness (QED) is 0.765. The van der Waals surface area contributed by atoms with E-state index in [4.69, 9.17) is 33.1 Å². The first-order chi connectivity index (χ1) is 11.7. The largest absolute Gasteiger partial charge is 0.492 e. The highest BCUT2D eigenvalue weighted by Gasteiger charge is 2.15. The third-order valence-electron chi connectivity index (χ3n) is 3.94. The van der Waals surface area contributed by atoms with Gasteiger partial charge in [-0.15, -0.1) is 0 Å². The van der Waals surface area contributed by atoms with E-state index in [-0.39, 0.29) is 10.9 Å². The van der Waals surface area contributed by atoms with Crippen molar-refractivity contribution in [3.05, 3.63) is 58.1 Å². The summed E-state index contributed by atoms with van der Waals surface area (Å²) in [5, 5.41) is 6.30. The van der Waals surface area contributed by atoms with E-state index in [1.807, 2.05) is 19.2 Å². The van der Waals surface area contributed by atoms with Crippen molar-refractivity contribution < 1.29 is 13.2 Å². The van der Waals surface area contributed by atoms with Crippen LogP contribution in [0.25, 0.3) is 0 Å². The van der Waals surface area contributed by atoms with Gasteiger partial charge in [0.1, 0.15) is 12.4 Å². The molecule has 8 heteroatoms. The summed E-state index contributed by atoms with van der Waals surface area (Å²) in [6.07, 6.45) is 0. The molecule has 0 saturated heterocycles. The number of nitrogens with zero attached hydrogens (tertiary/aromatic N) is 1. The van der Waals surface area contributed by atoms with Gasteiger partial charge in [-0.25, -0.2) is 13.6 Å². The summed E-state index contributed by atoms with van der Waals surface area (Å²) in [6, 6.07) is 11.6. The first kappa shape index (κ1) is 20.0. The predicted molar refractivity (Wildman–Crippen MR) is 101 cm³/mol. The molecular formula is C17H20Cl2N2O3S. The molecule has 1 unspecified atom stereocenters. The van der Waals surface area contributed by atoms with Gasteiger partial charge in [0.25, 0.3) is 0 Å². The van der Waals surface area contributed by atoms with Gasteiger partial charge in [-0.2, -0.15) is 0 Å². The van der Waals surface area contributed by atoms with Gasteiger partial charge in [0.15, 0.2) is 0 Å². The normalized spacial score (nSPS) is 13.0. The van der Waals surface area contributed by atoms with E-state index >= 15 is 0 Å². The first-order valence-electron chi connectivity index (χ1n) is 7.59. The monoisotopic (exact) mass is 402 g/mol. The van der Waals surface area contributed by atoms with Crippen molar-refractivity contribution in [3.63, 3.8) is 0 Å². The third-order valence-corrected chi connectivity index (χ3v) is 5.43. The Kier molecular flexibility index (Phi) is 6.71. The van der Waals surface area contributed by atoms with E-state index < -0.39 is 10.0 Å². The highest BCUT2D eigenvalue weighted by molar-refractivity contribution is 7.89. The van der Waals surface area contributed by atoms with Crippen molar-refractivity contribution in [1.29, 1.82) is 0 Å². The van der Waals surface area contributed by atoms with Gasteiger partial charge in [-0.05, 0) is 55.9 Å². The predicted octanol–water partition coefficient (Wildman–Crippen LogP) is 3.71. The van der Waals surface area contributed by atoms with Crippen molar-refractivity contribution >= 4 is 33.2 Å². The zero-order valence-electron chi connectivity index (χ0n) is 13.9. The second kappa shape index (κ2) is 8.38. The standard InChI is InChI=1S/C17H20Cl2N2O3S/c1-12(16-8-3-13(18)11-17(16)19)21(2)9-10-24-14-4-6-15(7-5-14)25(20,22)23/h3-8,11-12H,9-10H2,1-2H3,(H2,20,22,23). The molecule has 0 amide bonds. The molecule has 0 bridgehead atoms. The molecule has 0 fully saturated rings. The molecule has 0 radical (unpaired) electrons. The maximum atomic E-state index is 11.2. The lowest BCUT2D eigenvalue weighted by Gasteiger charge is -2.25. The van der Waals surface area contributed by atoms with Crippen LogP contribution in [0.3, 0.4) is 0 Å². The van der Waals surface area contributed by atoms with Gasteiger partial charge < -0.3 is 4.74 Å². The van der Waals surface area contributed by atoms with Crippen LogP contribution in [0.5, 0.6) is 5.75 Å². The minimum absolute atomic E-state index is 0.0583. The highest BCUT2D eigenvalue weighted by atomic mass is 35.5. The van der Waals surface area contributed by atoms with Crippen molar-refractivity contribution in [2.45, 2.75) is 17.9 Å². The molecule has 0 aliphatic carbocycles. The minimum Gasteiger partial charge on any atom is -0.492 e. The lowest BCUT2D eigenvalue weighted by atomic mass is 10.1. The minimum atomic E-state index is -3.69. The number of nitrogens with two attached hydrogens (primary N) is 1. The van der Waals surface area contributed by atoms with Crippen molar-refractivity contribution in [2.24, 2.45) is 5.14 Å². The number of sulfonamides is 1. The Labute approximate surface area is 158 Å². The van der Waals surface area contributed by atoms with Gasteiger partial charge in [0, 0.05) is 22.6 Å². The Bertz CT molecular complexity index is 826. The van der Waals surface area contributed by atoms with Crippen LogP contribution in [0.4, 0.5) is 0 Å². The van der Waals surface area contributed by atoms with Gasteiger partial charge in [0.05, 0.1) is 4.90 Å². The number of hydrogen-bond donors (Lipinski definition) is 1. The second-order valence-corrected chi connectivity index (χ2v) is 8.09. The molecule has 2 aromatic carbocycles. The van der Waals surface area contributed by atoms with Crippen molar-refractivity contribution in [1.82, 2.24) is 4.90 Å². The second-order valence-electron chi connectivity index (χ2n) is 5.69. The Hall–Kier alpha value is -1.31. The highest BCUT2D eigenvalue weighted by Crippen LogP contribution is 2.28. The third kappa shape index (κ3) is 5.59. The zero-order valence-corrected chi connectivity index (χ0v) is 16.3. The van der Waals surface area contributed by atoms with Gasteiger partial charge >= 0.3 is 0 Å². The fraction of sp³-hybridized carbons (Fsp3) is 0.294. The van der Waals surface area contributed by atoms with Gasteiger partial charge in [-0.3, -0.25) is 4.90 Å². The Morgan fingerprint density at radius 2 is 1.80 bits per heavy atom. The van der Waals surface area contributed by atoms with Gasteiger partial charge in [-0.1, -0.05) is 29.3 Å². The molecule has 0 heterocycles. The molecular weight excluding hydrogens is 383 g/mol. The summed E-state index contributed by atoms with van der Waals surface area (Å²) in [5.74, 6) is 0.581. The maximum Gasteiger partial charge on any atom is 0.238 e. The molecule has 0 aliphatic rings. The Morgan fingerprint density at radius 1 is 1.16 bits per heavy atom. The average Bonchev–Trinajstić information content (AvgIpc) is 2.54. The fourth-order valence-corrected chi connectivity index (χ4v) is 3.39. The topological polar surface area (TPSA) is 72.6 Å². The van der Waals surface area contributed by atoms with E-state index in [0.29, 0.717) is 28.9 Å². The van der Waals surface area contributed by atoms with Crippen LogP contribution in [0.2, 0.25) is 10.0 Å². The van der Waals surface area contributed by atoms with Crippen LogP contribution < -0.4 is 9.88 Å². The number of ether oxygens (including phenoxy) is 1. The van der Waals surface area contributed by atoms with Gasteiger partial charge in [0.2, 0.25) is 10.0 Å². The lowest BCUT2D eigenvalue weighted by molar-refractivity contribution is 0.201. The van der Waals surface area contributed by atoms with Crippen LogP contribution in [0.1, 0.15) is 18.5 Å². The molecule has 2 aromatic rings. The average molecular weight is 403 g/mol. The number of rotatable bonds is 7. The summed E-state index contributed by atoms with van der Waals surface area (Å²) in [5.41, 5.74) is 0.992. The van der Waals surface area contributed by atoms with E-state index in [1.165, 1.54) is 12.1 Å². The van der Waals surface area contributed by atoms with Crippen LogP contribution in [-0.4, -0.2) is 33.5 Å². The molecule has 0 aromatic heterocycles. The van der Waals surface area contributed by atoms with Crippen molar-refractivity contribution in [3.8, 4) is 5.75 Å². The number of primary sulfonamides is 1. The first-order valence-corrected chi connectivity index (χ1v) is 9.89. The summed E-state index contributed by atoms with van der Waals surface area (Å²) in [4.78, 5) is 2.16. The lowest BCUT2D eigenvalue weighted by Crippen LogP contribution is -2.27. The van der Waals surface area contributed by atoms with Crippen LogP contribution in [0, 0.1) is 0 Å². The summed E-state index contributed by atoms with van der Waals surface area (Å²) >= 11 is 12.2. The Morgan fingerprint density at radius 3 is 2.36 bits per heavy atom. The van der Waals surface area contributed by atoms with E-state index in [1.54, 1.807) is 18.2 Å². The maximum absolute atomic E-state index is 11.2. The number of benzene rings is 2. The summed E-state index contributed by atoms with van der Waals surface area (Å²) in [7, 11) is -1.71. The summed E-state index contributed by atoms with van der Waals surface area (Å²) < 4.78 is 28.1. The summed E-state index contributed by atoms with van der Waals surface area (Å²) in [6.45, 7) is 3.16. The number of halogens is 2. The Balaban J connectivity index is 1.90. The smallest absolute Gasteiger partial charge is 0.238 e. The molecule has 25 heavy (non-hydrogen) atoms. The van der Waals surface area contributed by atoms with Crippen LogP contribution in [-0.2, 0) is 10.0 Å². The fourth-order valence-electron chi connectivity index (χ4n) is 2.30. The SMILES string of the molecule is CC(c1ccc(Cl)cc1Cl)N(C)CCOc1ccc(S(N)(=O)=O)cc1. The van der Waals surface area contributed by atoms with E-state index in [0.717, 1.165) is 5.56 Å². The molecule has 2 N–H and O–H groups in total. The van der Waals surface area contributed by atoms with Crippen molar-refractivity contribution in [2.75, 3.05) is 20.2 Å². The molecule has 0 aliphatic heterocycles. The molecule has 2 rings (SSSR count). The molecule has 136 valence electrons. The van der Waals surface area contributed by atoms with E-state index in [9.17, 15) is 8.42 Å². The zero-order chi connectivity index (χ0) is 18.6. The molecule has 0 spiro atoms.